The number of aliphatic hydroxyl groups is 1. The van der Waals surface area contributed by atoms with Crippen LogP contribution in [0.25, 0.3) is 0 Å². The van der Waals surface area contributed by atoms with Crippen LogP contribution in [0.1, 0.15) is 38.0 Å². The van der Waals surface area contributed by atoms with Crippen molar-refractivity contribution in [2.45, 2.75) is 33.8 Å². The largest absolute Gasteiger partial charge is 0.388 e. The lowest BCUT2D eigenvalue weighted by Gasteiger charge is -2.26. The van der Waals surface area contributed by atoms with Crippen LogP contribution in [0.3, 0.4) is 0 Å². The van der Waals surface area contributed by atoms with E-state index in [1.807, 2.05) is 33.8 Å². The summed E-state index contributed by atoms with van der Waals surface area (Å²) in [6, 6.07) is 1.88. The van der Waals surface area contributed by atoms with Crippen LogP contribution in [-0.4, -0.2) is 10.1 Å². The number of rotatable bonds is 1. The maximum atomic E-state index is 10.0. The Labute approximate surface area is 89.9 Å². The molecule has 78 valence electrons. The number of aliphatic hydroxyl groups excluding tert-OH is 1. The van der Waals surface area contributed by atoms with Crippen LogP contribution < -0.4 is 0 Å². The quantitative estimate of drug-likeness (QED) is 0.728. The van der Waals surface area contributed by atoms with Gasteiger partial charge < -0.3 is 5.11 Å². The number of aromatic nitrogens is 1. The number of aryl methyl sites for hydroxylation is 1. The van der Waals surface area contributed by atoms with E-state index in [1.165, 1.54) is 0 Å². The Morgan fingerprint density at radius 2 is 2.00 bits per heavy atom. The number of nitrogens with zero attached hydrogens (tertiary/aromatic N) is 1. The van der Waals surface area contributed by atoms with Gasteiger partial charge in [-0.05, 0) is 24.0 Å². The summed E-state index contributed by atoms with van der Waals surface area (Å²) in [5.74, 6) is 0. The molecule has 0 spiro atoms. The van der Waals surface area contributed by atoms with E-state index < -0.39 is 6.10 Å². The molecule has 1 unspecified atom stereocenters. The van der Waals surface area contributed by atoms with E-state index in [1.54, 1.807) is 6.20 Å². The van der Waals surface area contributed by atoms with Crippen molar-refractivity contribution in [2.24, 2.45) is 5.41 Å². The maximum Gasteiger partial charge on any atom is 0.134 e. The zero-order chi connectivity index (χ0) is 10.9. The van der Waals surface area contributed by atoms with Gasteiger partial charge in [0.05, 0.1) is 6.10 Å². The molecule has 0 radical (unpaired) electrons. The average molecular weight is 214 g/mol. The van der Waals surface area contributed by atoms with Gasteiger partial charge in [0.2, 0.25) is 0 Å². The van der Waals surface area contributed by atoms with Crippen molar-refractivity contribution in [1.82, 2.24) is 4.98 Å². The van der Waals surface area contributed by atoms with Gasteiger partial charge in [-0.3, -0.25) is 0 Å². The second-order valence-corrected chi connectivity index (χ2v) is 5.02. The molecule has 0 bridgehead atoms. The van der Waals surface area contributed by atoms with Crippen LogP contribution in [0.5, 0.6) is 0 Å². The molecule has 0 fully saturated rings. The number of halogens is 1. The van der Waals surface area contributed by atoms with Gasteiger partial charge in [-0.1, -0.05) is 32.4 Å². The summed E-state index contributed by atoms with van der Waals surface area (Å²) in [6.07, 6.45) is 1.11. The van der Waals surface area contributed by atoms with Gasteiger partial charge in [0.25, 0.3) is 0 Å². The van der Waals surface area contributed by atoms with E-state index in [-0.39, 0.29) is 5.41 Å². The Hall–Kier alpha value is -0.600. The Morgan fingerprint density at radius 1 is 1.43 bits per heavy atom. The number of pyridine rings is 1. The van der Waals surface area contributed by atoms with Crippen LogP contribution in [0, 0.1) is 12.3 Å². The Balaban J connectivity index is 3.12. The number of hydrogen-bond donors (Lipinski definition) is 1. The summed E-state index contributed by atoms with van der Waals surface area (Å²) in [4.78, 5) is 4.02. The SMILES string of the molecule is Cc1cnc(Cl)c(C(O)C(C)(C)C)c1. The molecule has 14 heavy (non-hydrogen) atoms. The normalized spacial score (nSPS) is 14.1. The van der Waals surface area contributed by atoms with Crippen molar-refractivity contribution in [3.8, 4) is 0 Å². The lowest BCUT2D eigenvalue weighted by molar-refractivity contribution is 0.0624. The highest BCUT2D eigenvalue weighted by Crippen LogP contribution is 2.35. The molecule has 1 heterocycles. The van der Waals surface area contributed by atoms with E-state index >= 15 is 0 Å². The van der Waals surface area contributed by atoms with Crippen molar-refractivity contribution in [3.63, 3.8) is 0 Å². The molecule has 0 amide bonds. The zero-order valence-electron chi connectivity index (χ0n) is 9.00. The van der Waals surface area contributed by atoms with Crippen LogP contribution in [0.15, 0.2) is 12.3 Å². The minimum Gasteiger partial charge on any atom is -0.388 e. The summed E-state index contributed by atoms with van der Waals surface area (Å²) in [6.45, 7) is 7.84. The van der Waals surface area contributed by atoms with Gasteiger partial charge in [-0.15, -0.1) is 0 Å². The van der Waals surface area contributed by atoms with Crippen molar-refractivity contribution in [1.29, 1.82) is 0 Å². The fourth-order valence-electron chi connectivity index (χ4n) is 1.23. The molecule has 1 aromatic rings. The Bertz CT molecular complexity index is 331. The van der Waals surface area contributed by atoms with E-state index in [0.29, 0.717) is 10.7 Å². The molecule has 0 aliphatic rings. The lowest BCUT2D eigenvalue weighted by atomic mass is 9.85. The summed E-state index contributed by atoms with van der Waals surface area (Å²) < 4.78 is 0. The minimum absolute atomic E-state index is 0.223. The molecule has 0 aliphatic heterocycles. The summed E-state index contributed by atoms with van der Waals surface area (Å²) in [7, 11) is 0. The van der Waals surface area contributed by atoms with Gasteiger partial charge in [0, 0.05) is 11.8 Å². The fourth-order valence-corrected chi connectivity index (χ4v) is 1.44. The van der Waals surface area contributed by atoms with E-state index in [9.17, 15) is 5.11 Å². The van der Waals surface area contributed by atoms with Crippen LogP contribution in [0.4, 0.5) is 0 Å². The highest BCUT2D eigenvalue weighted by atomic mass is 35.5. The highest BCUT2D eigenvalue weighted by Gasteiger charge is 2.26. The molecule has 1 rings (SSSR count). The first-order valence-corrected chi connectivity index (χ1v) is 5.00. The highest BCUT2D eigenvalue weighted by molar-refractivity contribution is 6.30. The predicted molar refractivity (Wildman–Crippen MR) is 58.4 cm³/mol. The fraction of sp³-hybridized carbons (Fsp3) is 0.545. The van der Waals surface area contributed by atoms with Crippen LogP contribution >= 0.6 is 11.6 Å². The second kappa shape index (κ2) is 3.87. The maximum absolute atomic E-state index is 10.0. The van der Waals surface area contributed by atoms with Crippen molar-refractivity contribution < 1.29 is 5.11 Å². The lowest BCUT2D eigenvalue weighted by Crippen LogP contribution is -2.18. The molecule has 0 aliphatic carbocycles. The van der Waals surface area contributed by atoms with Gasteiger partial charge in [-0.25, -0.2) is 4.98 Å². The minimum atomic E-state index is -0.581. The Morgan fingerprint density at radius 3 is 2.50 bits per heavy atom. The molecule has 1 aromatic heterocycles. The third-order valence-electron chi connectivity index (χ3n) is 2.12. The molecular formula is C11H16ClNO. The first kappa shape index (κ1) is 11.5. The standard InChI is InChI=1S/C11H16ClNO/c1-7-5-8(10(12)13-6-7)9(14)11(2,3)4/h5-6,9,14H,1-4H3. The average Bonchev–Trinajstić information content (AvgIpc) is 2.06. The molecule has 1 N–H and O–H groups in total. The summed E-state index contributed by atoms with van der Waals surface area (Å²) >= 11 is 5.93. The van der Waals surface area contributed by atoms with Crippen LogP contribution in [0.2, 0.25) is 5.15 Å². The van der Waals surface area contributed by atoms with E-state index in [4.69, 9.17) is 11.6 Å². The van der Waals surface area contributed by atoms with E-state index in [0.717, 1.165) is 5.56 Å². The topological polar surface area (TPSA) is 33.1 Å². The summed E-state index contributed by atoms with van der Waals surface area (Å²) in [5.41, 5.74) is 1.49. The third-order valence-corrected chi connectivity index (χ3v) is 2.43. The molecule has 0 saturated carbocycles. The monoisotopic (exact) mass is 213 g/mol. The molecule has 2 nitrogen and oxygen atoms in total. The number of hydrogen-bond acceptors (Lipinski definition) is 2. The molecular weight excluding hydrogens is 198 g/mol. The van der Waals surface area contributed by atoms with Crippen molar-refractivity contribution in [2.75, 3.05) is 0 Å². The smallest absolute Gasteiger partial charge is 0.134 e. The summed E-state index contributed by atoms with van der Waals surface area (Å²) in [5, 5.41) is 10.4. The van der Waals surface area contributed by atoms with Crippen LogP contribution in [-0.2, 0) is 0 Å². The second-order valence-electron chi connectivity index (χ2n) is 4.66. The predicted octanol–water partition coefficient (Wildman–Crippen LogP) is 3.12. The molecule has 1 atom stereocenters. The van der Waals surface area contributed by atoms with Gasteiger partial charge in [0.1, 0.15) is 5.15 Å². The van der Waals surface area contributed by atoms with Crippen molar-refractivity contribution >= 4 is 11.6 Å². The van der Waals surface area contributed by atoms with E-state index in [2.05, 4.69) is 4.98 Å². The third kappa shape index (κ3) is 2.46. The molecule has 0 saturated heterocycles. The molecule has 0 aromatic carbocycles. The van der Waals surface area contributed by atoms with Gasteiger partial charge >= 0.3 is 0 Å². The van der Waals surface area contributed by atoms with Crippen molar-refractivity contribution in [3.05, 3.63) is 28.5 Å². The van der Waals surface area contributed by atoms with Gasteiger partial charge in [-0.2, -0.15) is 0 Å². The Kier molecular flexibility index (Phi) is 3.17. The first-order valence-electron chi connectivity index (χ1n) is 4.62. The first-order chi connectivity index (χ1) is 6.32. The molecule has 3 heteroatoms. The zero-order valence-corrected chi connectivity index (χ0v) is 9.76. The van der Waals surface area contributed by atoms with Gasteiger partial charge in [0.15, 0.2) is 0 Å².